The molecule has 6 heteroatoms. The minimum absolute atomic E-state index is 0.101. The lowest BCUT2D eigenvalue weighted by atomic mass is 9.95. The van der Waals surface area contributed by atoms with Gasteiger partial charge in [0, 0.05) is 31.0 Å². The minimum atomic E-state index is -0.225. The molecule has 0 fully saturated rings. The molecule has 0 bridgehead atoms. The molecule has 0 aliphatic rings. The van der Waals surface area contributed by atoms with Crippen LogP contribution in [0.4, 0.5) is 5.95 Å². The van der Waals surface area contributed by atoms with Crippen molar-refractivity contribution in [2.24, 2.45) is 12.5 Å². The van der Waals surface area contributed by atoms with Crippen molar-refractivity contribution in [3.63, 3.8) is 0 Å². The lowest BCUT2D eigenvalue weighted by Crippen LogP contribution is -2.27. The molecule has 0 aliphatic carbocycles. The number of anilines is 1. The first-order valence-electron chi connectivity index (χ1n) is 6.94. The fraction of sp³-hybridized carbons (Fsp3) is 0.400. The van der Waals surface area contributed by atoms with Gasteiger partial charge in [-0.3, -0.25) is 0 Å². The fourth-order valence-electron chi connectivity index (χ4n) is 2.26. The number of para-hydroxylation sites is 1. The van der Waals surface area contributed by atoms with Crippen molar-refractivity contribution >= 4 is 28.0 Å². The van der Waals surface area contributed by atoms with Gasteiger partial charge in [0.25, 0.3) is 0 Å². The Hall–Kier alpha value is -2.21. The molecule has 0 amide bonds. The van der Waals surface area contributed by atoms with E-state index in [9.17, 15) is 5.11 Å². The molecule has 0 saturated carbocycles. The average molecular weight is 285 g/mol. The third kappa shape index (κ3) is 2.42. The Labute approximate surface area is 122 Å². The van der Waals surface area contributed by atoms with E-state index in [-0.39, 0.29) is 12.0 Å². The lowest BCUT2D eigenvalue weighted by Gasteiger charge is -2.21. The molecule has 21 heavy (non-hydrogen) atoms. The van der Waals surface area contributed by atoms with Crippen LogP contribution < -0.4 is 5.32 Å². The number of aliphatic hydroxyl groups excluding tert-OH is 1. The molecule has 0 saturated heterocycles. The summed E-state index contributed by atoms with van der Waals surface area (Å²) in [6, 6.07) is 8.05. The van der Waals surface area contributed by atoms with Crippen LogP contribution in [-0.4, -0.2) is 38.0 Å². The predicted molar refractivity (Wildman–Crippen MR) is 83.2 cm³/mol. The van der Waals surface area contributed by atoms with Crippen LogP contribution in [0.25, 0.3) is 22.1 Å². The zero-order chi connectivity index (χ0) is 15.0. The maximum atomic E-state index is 9.28. The monoisotopic (exact) mass is 285 g/mol. The van der Waals surface area contributed by atoms with Gasteiger partial charge in [-0.1, -0.05) is 32.0 Å². The lowest BCUT2D eigenvalue weighted by molar-refractivity contribution is 0.170. The first kappa shape index (κ1) is 13.8. The van der Waals surface area contributed by atoms with Crippen LogP contribution in [-0.2, 0) is 7.05 Å². The maximum Gasteiger partial charge on any atom is 0.244 e. The molecule has 0 atom stereocenters. The van der Waals surface area contributed by atoms with Crippen molar-refractivity contribution < 1.29 is 5.11 Å². The van der Waals surface area contributed by atoms with Crippen LogP contribution in [0.3, 0.4) is 0 Å². The molecule has 2 N–H and O–H groups in total. The summed E-state index contributed by atoms with van der Waals surface area (Å²) in [4.78, 5) is 4.55. The van der Waals surface area contributed by atoms with E-state index in [1.54, 1.807) is 0 Å². The van der Waals surface area contributed by atoms with Crippen molar-refractivity contribution in [2.45, 2.75) is 13.8 Å². The fourth-order valence-corrected chi connectivity index (χ4v) is 2.26. The van der Waals surface area contributed by atoms with E-state index in [0.717, 1.165) is 22.1 Å². The number of benzene rings is 1. The van der Waals surface area contributed by atoms with Crippen LogP contribution in [0.2, 0.25) is 0 Å². The van der Waals surface area contributed by atoms with E-state index in [2.05, 4.69) is 20.5 Å². The van der Waals surface area contributed by atoms with Gasteiger partial charge in [-0.25, -0.2) is 0 Å². The Morgan fingerprint density at radius 3 is 2.76 bits per heavy atom. The summed E-state index contributed by atoms with van der Waals surface area (Å²) < 4.78 is 2.02. The summed E-state index contributed by atoms with van der Waals surface area (Å²) >= 11 is 0. The van der Waals surface area contributed by atoms with E-state index in [1.165, 1.54) is 0 Å². The number of fused-ring (bicyclic) bond motifs is 3. The summed E-state index contributed by atoms with van der Waals surface area (Å²) in [5.74, 6) is 0.481. The summed E-state index contributed by atoms with van der Waals surface area (Å²) in [6.07, 6.45) is 0. The molecule has 0 unspecified atom stereocenters. The number of nitrogens with one attached hydrogen (secondary N) is 1. The second-order valence-corrected chi connectivity index (χ2v) is 6.06. The first-order valence-corrected chi connectivity index (χ1v) is 6.94. The highest BCUT2D eigenvalue weighted by atomic mass is 16.3. The normalized spacial score (nSPS) is 12.2. The van der Waals surface area contributed by atoms with Crippen LogP contribution in [0, 0.1) is 5.41 Å². The zero-order valence-corrected chi connectivity index (χ0v) is 12.5. The number of aromatic nitrogens is 4. The highest BCUT2D eigenvalue weighted by Gasteiger charge is 2.17. The Balaban J connectivity index is 2.01. The second-order valence-electron chi connectivity index (χ2n) is 6.06. The molecule has 2 aromatic heterocycles. The molecule has 1 aromatic carbocycles. The molecule has 0 aliphatic heterocycles. The molecule has 3 aromatic rings. The minimum Gasteiger partial charge on any atom is -0.396 e. The quantitative estimate of drug-likeness (QED) is 0.766. The van der Waals surface area contributed by atoms with Crippen molar-refractivity contribution in [3.05, 3.63) is 24.3 Å². The molecule has 0 spiro atoms. The number of aliphatic hydroxyl groups is 1. The summed E-state index contributed by atoms with van der Waals surface area (Å²) in [5.41, 5.74) is 2.47. The number of hydrogen-bond acceptors (Lipinski definition) is 5. The van der Waals surface area contributed by atoms with Crippen molar-refractivity contribution in [2.75, 3.05) is 18.5 Å². The van der Waals surface area contributed by atoms with Gasteiger partial charge in [-0.2, -0.15) is 4.98 Å². The SMILES string of the molecule is Cn1c2ccccc2c2nnc(NCC(C)(C)CO)nc21. The van der Waals surface area contributed by atoms with Gasteiger partial charge in [0.2, 0.25) is 5.95 Å². The molecule has 6 nitrogen and oxygen atoms in total. The van der Waals surface area contributed by atoms with E-state index in [4.69, 9.17) is 0 Å². The Bertz CT molecular complexity index is 793. The van der Waals surface area contributed by atoms with E-state index in [0.29, 0.717) is 12.5 Å². The highest BCUT2D eigenvalue weighted by molar-refractivity contribution is 6.04. The number of hydrogen-bond donors (Lipinski definition) is 2. The smallest absolute Gasteiger partial charge is 0.244 e. The van der Waals surface area contributed by atoms with E-state index >= 15 is 0 Å². The average Bonchev–Trinajstić information content (AvgIpc) is 2.79. The van der Waals surface area contributed by atoms with Gasteiger partial charge >= 0.3 is 0 Å². The number of rotatable bonds is 4. The van der Waals surface area contributed by atoms with Crippen LogP contribution in [0.15, 0.2) is 24.3 Å². The Morgan fingerprint density at radius 1 is 1.24 bits per heavy atom. The van der Waals surface area contributed by atoms with Crippen molar-refractivity contribution in [1.29, 1.82) is 0 Å². The van der Waals surface area contributed by atoms with Gasteiger partial charge in [-0.05, 0) is 6.07 Å². The van der Waals surface area contributed by atoms with Gasteiger partial charge in [0.15, 0.2) is 5.65 Å². The summed E-state index contributed by atoms with van der Waals surface area (Å²) in [7, 11) is 1.97. The number of aryl methyl sites for hydroxylation is 1. The van der Waals surface area contributed by atoms with Gasteiger partial charge in [0.1, 0.15) is 5.52 Å². The number of nitrogens with zero attached hydrogens (tertiary/aromatic N) is 4. The maximum absolute atomic E-state index is 9.28. The summed E-state index contributed by atoms with van der Waals surface area (Å²) in [6.45, 7) is 4.63. The third-order valence-corrected chi connectivity index (χ3v) is 3.66. The molecule has 0 radical (unpaired) electrons. The largest absolute Gasteiger partial charge is 0.396 e. The molecule has 110 valence electrons. The van der Waals surface area contributed by atoms with Crippen LogP contribution in [0.1, 0.15) is 13.8 Å². The molecule has 2 heterocycles. The second kappa shape index (κ2) is 4.96. The summed E-state index contributed by atoms with van der Waals surface area (Å²) in [5, 5.41) is 21.9. The topological polar surface area (TPSA) is 75.9 Å². The van der Waals surface area contributed by atoms with Crippen LogP contribution in [0.5, 0.6) is 0 Å². The molecular formula is C15H19N5O. The van der Waals surface area contributed by atoms with E-state index in [1.807, 2.05) is 49.7 Å². The molecule has 3 rings (SSSR count). The van der Waals surface area contributed by atoms with Gasteiger partial charge in [-0.15, -0.1) is 10.2 Å². The Kier molecular flexibility index (Phi) is 3.25. The predicted octanol–water partition coefficient (Wildman–Crippen LogP) is 1.95. The van der Waals surface area contributed by atoms with E-state index < -0.39 is 0 Å². The first-order chi connectivity index (χ1) is 10.0. The van der Waals surface area contributed by atoms with Crippen LogP contribution >= 0.6 is 0 Å². The molecular weight excluding hydrogens is 266 g/mol. The van der Waals surface area contributed by atoms with Crippen molar-refractivity contribution in [1.82, 2.24) is 19.7 Å². The Morgan fingerprint density at radius 2 is 2.00 bits per heavy atom. The van der Waals surface area contributed by atoms with Gasteiger partial charge in [0.05, 0.1) is 5.52 Å². The highest BCUT2D eigenvalue weighted by Crippen LogP contribution is 2.25. The van der Waals surface area contributed by atoms with Crippen molar-refractivity contribution in [3.8, 4) is 0 Å². The zero-order valence-electron chi connectivity index (χ0n) is 12.5. The van der Waals surface area contributed by atoms with Gasteiger partial charge < -0.3 is 15.0 Å². The standard InChI is InChI=1S/C15H19N5O/c1-15(2,9-21)8-16-14-17-13-12(18-19-14)10-6-4-5-7-11(10)20(13)3/h4-7,21H,8-9H2,1-3H3,(H,16,17,19). The third-order valence-electron chi connectivity index (χ3n) is 3.66.